The summed E-state index contributed by atoms with van der Waals surface area (Å²) in [6.45, 7) is 25.3. The van der Waals surface area contributed by atoms with Crippen LogP contribution in [0.15, 0.2) is 108 Å². The lowest BCUT2D eigenvalue weighted by Gasteiger charge is -2.30. The standard InChI is InChI=1S/C34H35FN6O4.C30H27FN6O4/c1-34(2,3)45-33(42)28-11-10-27-32(38-28)41(20-25-14-17-43-25)30(37-27)18-22-12-15-40(16-13-22)29-6-5-7-31(39-29)44-21-23-8-9-24(36-4)19-26(23)35;1-32-21-6-5-20(23(31)16-21)18-41-28-4-2-3-26(35-28)36-12-9-19(10-13-36)15-27-33-24-7-8-25(30(38)39)34-29(24)37(27)17-22-11-14-40-22/h5-11,18-19,25H,12-17,20-21H2,1-3H3;2-8,15-16,22H,9-14,17-18H2,(H,38,39)/t25-;22-/m00/s1. The van der Waals surface area contributed by atoms with Crippen molar-refractivity contribution in [1.29, 1.82) is 0 Å². The summed E-state index contributed by atoms with van der Waals surface area (Å²) in [5.74, 6) is 1.45. The largest absolute Gasteiger partial charge is 0.477 e. The number of carbonyl (C=O) groups excluding carboxylic acids is 1. The molecule has 6 aromatic heterocycles. The molecular formula is C64H62F2N12O8. The number of halogens is 2. The minimum absolute atomic E-state index is 0.0115. The van der Waals surface area contributed by atoms with E-state index in [9.17, 15) is 23.5 Å². The Labute approximate surface area is 495 Å². The van der Waals surface area contributed by atoms with Crippen LogP contribution in [0.1, 0.15) is 103 Å². The number of aromatic carboxylic acids is 1. The number of esters is 1. The maximum atomic E-state index is 14.3. The van der Waals surface area contributed by atoms with Crippen LogP contribution in [0.4, 0.5) is 31.8 Å². The average molecular weight is 1170 g/mol. The van der Waals surface area contributed by atoms with Gasteiger partial charge in [-0.25, -0.2) is 48.0 Å². The lowest BCUT2D eigenvalue weighted by molar-refractivity contribution is -0.0589. The molecule has 12 rings (SSSR count). The Balaban J connectivity index is 0.000000179. The van der Waals surface area contributed by atoms with Crippen molar-refractivity contribution in [2.45, 2.75) is 103 Å². The van der Waals surface area contributed by atoms with Crippen LogP contribution >= 0.6 is 0 Å². The number of fused-ring (bicyclic) bond motifs is 2. The fourth-order valence-corrected chi connectivity index (χ4v) is 10.2. The van der Waals surface area contributed by atoms with Crippen LogP contribution in [0.2, 0.25) is 0 Å². The zero-order valence-electron chi connectivity index (χ0n) is 47.8. The van der Waals surface area contributed by atoms with Crippen molar-refractivity contribution in [1.82, 2.24) is 39.0 Å². The molecule has 440 valence electrons. The number of aromatic nitrogens is 8. The van der Waals surface area contributed by atoms with E-state index >= 15 is 0 Å². The van der Waals surface area contributed by atoms with Crippen LogP contribution in [0.3, 0.4) is 0 Å². The van der Waals surface area contributed by atoms with E-state index in [1.54, 1.807) is 48.5 Å². The molecule has 0 radical (unpaired) electrons. The van der Waals surface area contributed by atoms with Gasteiger partial charge in [-0.3, -0.25) is 0 Å². The highest BCUT2D eigenvalue weighted by molar-refractivity contribution is 5.90. The van der Waals surface area contributed by atoms with Crippen molar-refractivity contribution in [2.24, 2.45) is 0 Å². The van der Waals surface area contributed by atoms with Crippen LogP contribution in [-0.2, 0) is 40.5 Å². The molecule has 4 aliphatic heterocycles. The van der Waals surface area contributed by atoms with Gasteiger partial charge in [0.1, 0.15) is 64.8 Å². The molecule has 0 saturated carbocycles. The van der Waals surface area contributed by atoms with Crippen LogP contribution in [0.25, 0.3) is 44.2 Å². The highest BCUT2D eigenvalue weighted by atomic mass is 19.1. The van der Waals surface area contributed by atoms with E-state index < -0.39 is 29.2 Å². The topological polar surface area (TPSA) is 203 Å². The van der Waals surface area contributed by atoms with Crippen molar-refractivity contribution in [3.05, 3.63) is 177 Å². The number of nitrogens with zero attached hydrogens (tertiary/aromatic N) is 12. The van der Waals surface area contributed by atoms with Gasteiger partial charge < -0.3 is 47.7 Å². The number of anilines is 2. The summed E-state index contributed by atoms with van der Waals surface area (Å²) in [4.78, 5) is 63.1. The maximum absolute atomic E-state index is 14.3. The second-order valence-electron chi connectivity index (χ2n) is 22.2. The Bertz CT molecular complexity index is 3980. The van der Waals surface area contributed by atoms with Gasteiger partial charge in [-0.05, 0) is 120 Å². The van der Waals surface area contributed by atoms with Gasteiger partial charge in [-0.1, -0.05) is 47.5 Å². The molecule has 0 spiro atoms. The highest BCUT2D eigenvalue weighted by Gasteiger charge is 2.27. The summed E-state index contributed by atoms with van der Waals surface area (Å²) in [5.41, 5.74) is 5.91. The Hall–Kier alpha value is -9.64. The second-order valence-corrected chi connectivity index (χ2v) is 22.2. The first-order valence-corrected chi connectivity index (χ1v) is 28.5. The van der Waals surface area contributed by atoms with Crippen LogP contribution in [0.5, 0.6) is 11.8 Å². The van der Waals surface area contributed by atoms with E-state index in [2.05, 4.69) is 51.6 Å². The normalized spacial score (nSPS) is 16.7. The van der Waals surface area contributed by atoms with Crippen molar-refractivity contribution < 1.29 is 47.2 Å². The van der Waals surface area contributed by atoms with Gasteiger partial charge in [-0.15, -0.1) is 0 Å². The summed E-state index contributed by atoms with van der Waals surface area (Å²) >= 11 is 0. The Kier molecular flexibility index (Phi) is 17.4. The molecule has 4 aliphatic rings. The SMILES string of the molecule is [C-]#[N+]c1ccc(COc2cccc(N3CCC(=Cc4nc5ccc(C(=O)O)nc5n4C[C@@H]4CCO4)CC3)n2)c(F)c1.[C-]#[N+]c1ccc(COc2cccc(N3CCC(=Cc4nc5ccc(C(=O)OC(C)(C)C)nc5n4C[C@@H]4CCO4)CC3)n2)c(F)c1. The highest BCUT2D eigenvalue weighted by Crippen LogP contribution is 2.31. The lowest BCUT2D eigenvalue weighted by atomic mass is 10.0. The number of imidazole rings is 2. The molecule has 20 nitrogen and oxygen atoms in total. The Morgan fingerprint density at radius 1 is 0.628 bits per heavy atom. The molecule has 22 heteroatoms. The van der Waals surface area contributed by atoms with Crippen LogP contribution < -0.4 is 19.3 Å². The third-order valence-electron chi connectivity index (χ3n) is 15.1. The van der Waals surface area contributed by atoms with E-state index in [1.807, 2.05) is 60.2 Å². The van der Waals surface area contributed by atoms with Gasteiger partial charge in [0.05, 0.1) is 38.4 Å². The molecule has 8 aromatic rings. The second kappa shape index (κ2) is 25.7. The van der Waals surface area contributed by atoms with Gasteiger partial charge in [0.15, 0.2) is 34.1 Å². The van der Waals surface area contributed by atoms with E-state index in [0.29, 0.717) is 58.3 Å². The minimum Gasteiger partial charge on any atom is -0.477 e. The molecule has 0 bridgehead atoms. The number of carboxylic acid groups (broad SMARTS) is 1. The number of benzene rings is 2. The van der Waals surface area contributed by atoms with Crippen molar-refractivity contribution in [3.8, 4) is 11.8 Å². The Morgan fingerprint density at radius 2 is 1.07 bits per heavy atom. The van der Waals surface area contributed by atoms with E-state index in [4.69, 9.17) is 46.8 Å². The van der Waals surface area contributed by atoms with Crippen molar-refractivity contribution >= 4 is 69.4 Å². The molecule has 1 N–H and O–H groups in total. The number of hydrogen-bond donors (Lipinski definition) is 1. The first kappa shape index (κ1) is 58.1. The van der Waals surface area contributed by atoms with Crippen molar-refractivity contribution in [3.63, 3.8) is 0 Å². The smallest absolute Gasteiger partial charge is 0.357 e. The zero-order chi connectivity index (χ0) is 59.9. The summed E-state index contributed by atoms with van der Waals surface area (Å²) in [6.07, 6.45) is 9.55. The number of hydrogen-bond acceptors (Lipinski definition) is 15. The predicted octanol–water partition coefficient (Wildman–Crippen LogP) is 11.8. The molecule has 4 fully saturated rings. The van der Waals surface area contributed by atoms with Gasteiger partial charge >= 0.3 is 11.9 Å². The number of carboxylic acids is 1. The molecule has 86 heavy (non-hydrogen) atoms. The summed E-state index contributed by atoms with van der Waals surface area (Å²) in [5, 5.41) is 9.42. The number of ether oxygens (including phenoxy) is 5. The summed E-state index contributed by atoms with van der Waals surface area (Å²) in [7, 11) is 0. The Morgan fingerprint density at radius 3 is 1.47 bits per heavy atom. The summed E-state index contributed by atoms with van der Waals surface area (Å²) < 4.78 is 61.0. The molecule has 0 aliphatic carbocycles. The van der Waals surface area contributed by atoms with Crippen LogP contribution in [-0.4, -0.2) is 113 Å². The molecule has 0 unspecified atom stereocenters. The third-order valence-corrected chi connectivity index (χ3v) is 15.1. The lowest BCUT2D eigenvalue weighted by Crippen LogP contribution is -2.32. The number of carbonyl (C=O) groups is 2. The van der Waals surface area contributed by atoms with Gasteiger partial charge in [0.25, 0.3) is 0 Å². The van der Waals surface area contributed by atoms with E-state index in [1.165, 1.54) is 29.3 Å². The number of piperidine rings is 2. The zero-order valence-corrected chi connectivity index (χ0v) is 47.8. The quantitative estimate of drug-likeness (QED) is 0.0706. The van der Waals surface area contributed by atoms with E-state index in [-0.39, 0.29) is 48.2 Å². The molecule has 0 amide bonds. The van der Waals surface area contributed by atoms with Gasteiger partial charge in [0, 0.05) is 62.7 Å². The molecule has 2 aromatic carbocycles. The fraction of sp³-hybridized carbons (Fsp3) is 0.344. The van der Waals surface area contributed by atoms with Gasteiger partial charge in [-0.2, -0.15) is 9.97 Å². The third kappa shape index (κ3) is 14.0. The maximum Gasteiger partial charge on any atom is 0.357 e. The minimum atomic E-state index is -1.07. The predicted molar refractivity (Wildman–Crippen MR) is 317 cm³/mol. The number of pyridine rings is 4. The molecular weight excluding hydrogens is 1100 g/mol. The van der Waals surface area contributed by atoms with Crippen LogP contribution in [0, 0.1) is 24.8 Å². The monoisotopic (exact) mass is 1160 g/mol. The van der Waals surface area contributed by atoms with Crippen molar-refractivity contribution in [2.75, 3.05) is 49.2 Å². The summed E-state index contributed by atoms with van der Waals surface area (Å²) in [6, 6.07) is 26.4. The molecule has 4 saturated heterocycles. The molecule has 10 heterocycles. The first-order chi connectivity index (χ1) is 41.6. The van der Waals surface area contributed by atoms with Gasteiger partial charge in [0.2, 0.25) is 11.8 Å². The number of rotatable bonds is 16. The fourth-order valence-electron chi connectivity index (χ4n) is 10.2. The average Bonchev–Trinajstić information content (AvgIpc) is 3.18. The first-order valence-electron chi connectivity index (χ1n) is 28.5. The molecule has 2 atom stereocenters. The van der Waals surface area contributed by atoms with E-state index in [0.717, 1.165) is 101 Å².